The molecule has 3 heterocycles. The molecular weight excluding hydrogens is 999 g/mol. The largest absolute Gasteiger partial charge is 0.397 e. The predicted molar refractivity (Wildman–Crippen MR) is 279 cm³/mol. The van der Waals surface area contributed by atoms with Crippen LogP contribution in [0.5, 0.6) is 0 Å². The van der Waals surface area contributed by atoms with Crippen molar-refractivity contribution >= 4 is 28.1 Å². The molecule has 0 aromatic carbocycles. The molecule has 3 aliphatic heterocycles. The van der Waals surface area contributed by atoms with Gasteiger partial charge in [-0.05, 0) is 148 Å². The lowest BCUT2D eigenvalue weighted by molar-refractivity contribution is -0.508. The number of aliphatic hydroxyl groups is 6. The predicted octanol–water partition coefficient (Wildman–Crippen LogP) is 4.58. The van der Waals surface area contributed by atoms with E-state index in [1.807, 2.05) is 0 Å². The van der Waals surface area contributed by atoms with Crippen molar-refractivity contribution in [1.82, 2.24) is 16.0 Å². The van der Waals surface area contributed by atoms with Crippen LogP contribution in [-0.4, -0.2) is 159 Å². The summed E-state index contributed by atoms with van der Waals surface area (Å²) in [6, 6.07) is 0. The fraction of sp³-hybridized carbons (Fsp3) is 0.868. The second kappa shape index (κ2) is 22.5. The quantitative estimate of drug-likeness (QED) is 0.0274. The van der Waals surface area contributed by atoms with Gasteiger partial charge in [-0.2, -0.15) is 8.42 Å². The minimum atomic E-state index is -5.26. The number of allylic oxidation sites excluding steroid dienone is 3. The summed E-state index contributed by atoms with van der Waals surface area (Å²) < 4.78 is 72.7. The van der Waals surface area contributed by atoms with E-state index in [1.54, 1.807) is 13.0 Å². The van der Waals surface area contributed by atoms with Gasteiger partial charge in [0.25, 0.3) is 0 Å². The number of carbonyl (C=O) groups is 3. The van der Waals surface area contributed by atoms with Gasteiger partial charge in [-0.1, -0.05) is 57.8 Å². The number of amides is 3. The maximum absolute atomic E-state index is 14.2. The maximum Gasteiger partial charge on any atom is 0.397 e. The number of nitrogens with one attached hydrogen (secondary N) is 3. The van der Waals surface area contributed by atoms with Crippen LogP contribution in [-0.2, 0) is 52.7 Å². The van der Waals surface area contributed by atoms with Crippen LogP contribution in [0.4, 0.5) is 0 Å². The van der Waals surface area contributed by atoms with Gasteiger partial charge in [-0.15, -0.1) is 0 Å². The lowest BCUT2D eigenvalue weighted by atomic mass is 9.56. The van der Waals surface area contributed by atoms with Crippen molar-refractivity contribution in [3.05, 3.63) is 24.3 Å². The van der Waals surface area contributed by atoms with Crippen LogP contribution in [0.3, 0.4) is 0 Å². The topological polar surface area (TPSA) is 318 Å². The Bertz CT molecular complexity index is 2230. The summed E-state index contributed by atoms with van der Waals surface area (Å²) in [6.45, 7) is 22.0. The Balaban J connectivity index is 2.27. The van der Waals surface area contributed by atoms with Gasteiger partial charge in [-0.3, -0.25) is 18.9 Å². The van der Waals surface area contributed by atoms with E-state index in [4.69, 9.17) is 27.9 Å². The van der Waals surface area contributed by atoms with Gasteiger partial charge in [0.15, 0.2) is 17.9 Å². The summed E-state index contributed by atoms with van der Waals surface area (Å²) >= 11 is 0. The van der Waals surface area contributed by atoms with Crippen LogP contribution in [0.25, 0.3) is 0 Å². The first-order valence-corrected chi connectivity index (χ1v) is 27.7. The molecular formula is C53H95N3O18S. The number of hydrogen-bond acceptors (Lipinski definition) is 17. The van der Waals surface area contributed by atoms with Gasteiger partial charge in [0.05, 0.1) is 12.2 Å². The number of ether oxygens (including phenoxy) is 5. The zero-order chi connectivity index (χ0) is 58.2. The first kappa shape index (κ1) is 66.6. The summed E-state index contributed by atoms with van der Waals surface area (Å²) in [5.41, 5.74) is -27.8. The fourth-order valence-corrected chi connectivity index (χ4v) is 12.1. The smallest absolute Gasteiger partial charge is 0.393 e. The molecule has 3 aliphatic rings. The molecule has 75 heavy (non-hydrogen) atoms. The Hall–Kier alpha value is -2.68. The number of unbranched alkanes of at least 4 members (excludes halogenated alkanes) is 8. The molecule has 15 atom stereocenters. The molecule has 0 aromatic heterocycles. The molecule has 0 spiro atoms. The highest BCUT2D eigenvalue weighted by Gasteiger charge is 2.83. The molecule has 10 N–H and O–H groups in total. The van der Waals surface area contributed by atoms with Crippen LogP contribution >= 0.6 is 0 Å². The van der Waals surface area contributed by atoms with E-state index in [9.17, 15) is 58.0 Å². The average molecular weight is 1090 g/mol. The van der Waals surface area contributed by atoms with Crippen molar-refractivity contribution in [1.29, 1.82) is 0 Å². The molecule has 0 radical (unpaired) electrons. The molecule has 3 fully saturated rings. The normalized spacial score (nSPS) is 44.5. The summed E-state index contributed by atoms with van der Waals surface area (Å²) in [5, 5.41) is 83.2. The first-order chi connectivity index (χ1) is 33.8. The highest BCUT2D eigenvalue weighted by Crippen LogP contribution is 2.63. The van der Waals surface area contributed by atoms with Gasteiger partial charge in [0, 0.05) is 13.8 Å². The van der Waals surface area contributed by atoms with Crippen LogP contribution < -0.4 is 16.0 Å². The number of carbonyl (C=O) groups excluding carboxylic acids is 3. The number of aliphatic hydroxyl groups excluding tert-OH is 2. The van der Waals surface area contributed by atoms with E-state index >= 15 is 0 Å². The molecule has 3 saturated heterocycles. The van der Waals surface area contributed by atoms with Crippen LogP contribution in [0.2, 0.25) is 0 Å². The van der Waals surface area contributed by atoms with Crippen molar-refractivity contribution in [3.8, 4) is 0 Å². The van der Waals surface area contributed by atoms with Crippen molar-refractivity contribution in [2.45, 2.75) is 280 Å². The second-order valence-corrected chi connectivity index (χ2v) is 24.8. The van der Waals surface area contributed by atoms with E-state index < -0.39 is 126 Å². The molecule has 0 aliphatic carbocycles. The van der Waals surface area contributed by atoms with Crippen molar-refractivity contribution in [2.24, 2.45) is 0 Å². The molecule has 3 rings (SSSR count). The molecule has 436 valence electrons. The molecule has 0 aromatic rings. The first-order valence-electron chi connectivity index (χ1n) is 26.3. The molecule has 7 unspecified atom stereocenters. The van der Waals surface area contributed by atoms with E-state index in [0.717, 1.165) is 59.8 Å². The SMILES string of the molecule is CCCCCC/C=C\CCCCC/C=C/C(=O)NC1(C)[C@](C)(O[C@]2(C)C(C)(CO)O[C@@](C)(O[C@]3(C)C(C)(COS(=O)(=O)O)OC(O)C(C)(NC(C)=O)[C@@]3(C)O)C(C)(NC(C)=O)[C@@]2(C)O)OC(C)(CC)[C@@](C)(O)[C@]1(C)O. The lowest BCUT2D eigenvalue weighted by Crippen LogP contribution is -2.94. The monoisotopic (exact) mass is 1090 g/mol. The summed E-state index contributed by atoms with van der Waals surface area (Å²) in [4.78, 5) is 40.5. The zero-order valence-electron chi connectivity index (χ0n) is 48.1. The number of rotatable bonds is 24. The maximum atomic E-state index is 14.2. The summed E-state index contributed by atoms with van der Waals surface area (Å²) in [5.74, 6) is -7.18. The highest BCUT2D eigenvalue weighted by atomic mass is 32.3. The Kier molecular flexibility index (Phi) is 19.9. The standard InChI is InChI=1S/C53H95N3O18S/c1-19-21-22-23-24-25-26-27-28-29-30-31-32-33-38(60)56-44(9)48(13,64)46(11,62)40(5,20-2)71-52(44,17)73-50(15)41(6,34-57)72-53(18,45(10,49(50,14)65)55-37(4)59)74-51(16)42(7,35-69-75(66,67)68)70-39(61)43(8,47(51,12)63)54-36(3)58/h25-26,32-33,39,57,61-65H,19-24,27-31,34-35H2,1-18H3,(H,54,58)(H,55,59)(H,56,60)(H,66,67,68)/b26-25-,33-32+/t39?,40?,41?,42?,43?,44?,45?,46-,47-,48-,49-,50-,51-,52+,53+/m1/s1. The summed E-state index contributed by atoms with van der Waals surface area (Å²) in [6.07, 6.45) is 15.5. The summed E-state index contributed by atoms with van der Waals surface area (Å²) in [7, 11) is -5.26. The van der Waals surface area contributed by atoms with E-state index in [-0.39, 0.29) is 6.42 Å². The molecule has 3 amide bonds. The third kappa shape index (κ3) is 11.3. The molecule has 22 heteroatoms. The van der Waals surface area contributed by atoms with Gasteiger partial charge >= 0.3 is 10.4 Å². The third-order valence-electron chi connectivity index (χ3n) is 18.7. The Morgan fingerprint density at radius 2 is 1.03 bits per heavy atom. The Morgan fingerprint density at radius 1 is 0.587 bits per heavy atom. The molecule has 0 saturated carbocycles. The van der Waals surface area contributed by atoms with E-state index in [1.165, 1.54) is 115 Å². The lowest BCUT2D eigenvalue weighted by Gasteiger charge is -2.73. The van der Waals surface area contributed by atoms with Crippen molar-refractivity contribution < 1.29 is 85.9 Å². The molecule has 21 nitrogen and oxygen atoms in total. The van der Waals surface area contributed by atoms with Gasteiger partial charge < -0.3 is 70.3 Å². The average Bonchev–Trinajstić information content (AvgIpc) is 3.27. The Labute approximate surface area is 446 Å². The van der Waals surface area contributed by atoms with E-state index in [2.05, 4.69) is 35.0 Å². The van der Waals surface area contributed by atoms with Crippen LogP contribution in [0.1, 0.15) is 195 Å². The molecule has 0 bridgehead atoms. The third-order valence-corrected chi connectivity index (χ3v) is 19.1. The van der Waals surface area contributed by atoms with Gasteiger partial charge in [0.2, 0.25) is 17.7 Å². The van der Waals surface area contributed by atoms with Gasteiger partial charge in [-0.25, -0.2) is 4.18 Å². The number of hydrogen-bond donors (Lipinski definition) is 10. The van der Waals surface area contributed by atoms with Crippen molar-refractivity contribution in [3.63, 3.8) is 0 Å². The van der Waals surface area contributed by atoms with E-state index in [0.29, 0.717) is 6.42 Å². The van der Waals surface area contributed by atoms with Crippen LogP contribution in [0, 0.1) is 0 Å². The van der Waals surface area contributed by atoms with Gasteiger partial charge in [0.1, 0.15) is 68.0 Å². The van der Waals surface area contributed by atoms with Crippen LogP contribution in [0.15, 0.2) is 24.3 Å². The van der Waals surface area contributed by atoms with Crippen molar-refractivity contribution in [2.75, 3.05) is 13.2 Å². The highest BCUT2D eigenvalue weighted by molar-refractivity contribution is 7.80. The fourth-order valence-electron chi connectivity index (χ4n) is 11.7. The second-order valence-electron chi connectivity index (χ2n) is 23.7. The minimum Gasteiger partial charge on any atom is -0.393 e. The minimum absolute atomic E-state index is 0.0525. The zero-order valence-corrected chi connectivity index (χ0v) is 48.9. The Morgan fingerprint density at radius 3 is 1.47 bits per heavy atom.